The molecule has 0 saturated heterocycles. The fourth-order valence-corrected chi connectivity index (χ4v) is 2.26. The maximum Gasteiger partial charge on any atom is 0.175 e. The maximum absolute atomic E-state index is 10.0. The summed E-state index contributed by atoms with van der Waals surface area (Å²) in [5, 5.41) is 10.0. The topological polar surface area (TPSA) is 38.7 Å². The molecule has 3 nitrogen and oxygen atoms in total. The summed E-state index contributed by atoms with van der Waals surface area (Å²) in [6.07, 6.45) is 2.50. The van der Waals surface area contributed by atoms with Crippen molar-refractivity contribution in [2.24, 2.45) is 5.92 Å². The summed E-state index contributed by atoms with van der Waals surface area (Å²) >= 11 is 3.49. The molecule has 0 spiro atoms. The quantitative estimate of drug-likeness (QED) is 0.904. The summed E-state index contributed by atoms with van der Waals surface area (Å²) in [6.45, 7) is 4.23. The Hall–Kier alpha value is -0.740. The minimum absolute atomic E-state index is 0.655. The zero-order valence-corrected chi connectivity index (χ0v) is 12.6. The molecule has 2 rings (SSSR count). The van der Waals surface area contributed by atoms with Crippen LogP contribution in [0.15, 0.2) is 16.6 Å². The molecule has 0 aliphatic heterocycles. The van der Waals surface area contributed by atoms with Gasteiger partial charge >= 0.3 is 0 Å². The second kappa shape index (κ2) is 5.10. The molecule has 0 radical (unpaired) electrons. The predicted octanol–water partition coefficient (Wildman–Crippen LogP) is 3.47. The van der Waals surface area contributed by atoms with E-state index in [1.807, 2.05) is 12.1 Å². The van der Waals surface area contributed by atoms with Gasteiger partial charge in [-0.3, -0.25) is 0 Å². The van der Waals surface area contributed by atoms with Crippen molar-refractivity contribution in [3.05, 3.63) is 22.2 Å². The SMILES string of the molecule is COc1cc(C(C)(C)O)cc(Br)c1OCC1CC1. The number of ether oxygens (including phenoxy) is 2. The zero-order valence-electron chi connectivity index (χ0n) is 11.0. The molecule has 0 amide bonds. The molecule has 100 valence electrons. The average Bonchev–Trinajstić information content (AvgIpc) is 3.09. The van der Waals surface area contributed by atoms with Crippen LogP contribution in [0.4, 0.5) is 0 Å². The van der Waals surface area contributed by atoms with Crippen molar-refractivity contribution >= 4 is 15.9 Å². The van der Waals surface area contributed by atoms with Crippen molar-refractivity contribution in [2.45, 2.75) is 32.3 Å². The number of halogens is 1. The molecule has 4 heteroatoms. The molecular formula is C14H19BrO3. The number of benzene rings is 1. The highest BCUT2D eigenvalue weighted by Gasteiger charge is 2.25. The smallest absolute Gasteiger partial charge is 0.175 e. The molecule has 1 aromatic rings. The molecule has 0 atom stereocenters. The fourth-order valence-electron chi connectivity index (χ4n) is 1.70. The Labute approximate surface area is 116 Å². The van der Waals surface area contributed by atoms with E-state index < -0.39 is 5.60 Å². The van der Waals surface area contributed by atoms with Crippen molar-refractivity contribution in [3.8, 4) is 11.5 Å². The van der Waals surface area contributed by atoms with E-state index >= 15 is 0 Å². The molecule has 1 aliphatic rings. The molecule has 0 bridgehead atoms. The van der Waals surface area contributed by atoms with Crippen LogP contribution in [0.2, 0.25) is 0 Å². The molecule has 1 fully saturated rings. The molecule has 1 aromatic carbocycles. The van der Waals surface area contributed by atoms with E-state index in [-0.39, 0.29) is 0 Å². The molecule has 18 heavy (non-hydrogen) atoms. The Morgan fingerprint density at radius 3 is 2.56 bits per heavy atom. The van der Waals surface area contributed by atoms with Gasteiger partial charge in [-0.2, -0.15) is 0 Å². The van der Waals surface area contributed by atoms with Crippen molar-refractivity contribution < 1.29 is 14.6 Å². The van der Waals surface area contributed by atoms with Crippen LogP contribution in [0.1, 0.15) is 32.3 Å². The Bertz CT molecular complexity index is 433. The van der Waals surface area contributed by atoms with Gasteiger partial charge in [0.1, 0.15) is 0 Å². The van der Waals surface area contributed by atoms with Gasteiger partial charge in [-0.1, -0.05) is 0 Å². The van der Waals surface area contributed by atoms with Crippen LogP contribution in [0, 0.1) is 5.92 Å². The van der Waals surface area contributed by atoms with E-state index in [0.29, 0.717) is 11.7 Å². The van der Waals surface area contributed by atoms with Crippen LogP contribution >= 0.6 is 15.9 Å². The average molecular weight is 315 g/mol. The Balaban J connectivity index is 2.27. The lowest BCUT2D eigenvalue weighted by atomic mass is 9.98. The monoisotopic (exact) mass is 314 g/mol. The Morgan fingerprint density at radius 1 is 1.39 bits per heavy atom. The van der Waals surface area contributed by atoms with Gasteiger partial charge in [0.25, 0.3) is 0 Å². The minimum Gasteiger partial charge on any atom is -0.493 e. The number of methoxy groups -OCH3 is 1. The first-order valence-corrected chi connectivity index (χ1v) is 6.94. The van der Waals surface area contributed by atoms with Gasteiger partial charge < -0.3 is 14.6 Å². The third-order valence-corrected chi connectivity index (χ3v) is 3.69. The minimum atomic E-state index is -0.898. The van der Waals surface area contributed by atoms with Gasteiger partial charge in [0, 0.05) is 0 Å². The maximum atomic E-state index is 10.0. The second-order valence-corrected chi connectivity index (χ2v) is 6.16. The van der Waals surface area contributed by atoms with E-state index in [4.69, 9.17) is 9.47 Å². The number of hydrogen-bond acceptors (Lipinski definition) is 3. The van der Waals surface area contributed by atoms with Crippen LogP contribution in [0.5, 0.6) is 11.5 Å². The van der Waals surface area contributed by atoms with Crippen LogP contribution < -0.4 is 9.47 Å². The molecule has 1 N–H and O–H groups in total. The summed E-state index contributed by atoms with van der Waals surface area (Å²) in [5.41, 5.74) is -0.102. The molecular weight excluding hydrogens is 296 g/mol. The van der Waals surface area contributed by atoms with Crippen molar-refractivity contribution in [1.29, 1.82) is 0 Å². The number of rotatable bonds is 5. The van der Waals surface area contributed by atoms with Gasteiger partial charge in [0.15, 0.2) is 11.5 Å². The normalized spacial score (nSPS) is 15.6. The highest BCUT2D eigenvalue weighted by Crippen LogP contribution is 2.40. The molecule has 0 aromatic heterocycles. The first-order valence-electron chi connectivity index (χ1n) is 6.15. The summed E-state index contributed by atoms with van der Waals surface area (Å²) in [5.74, 6) is 2.06. The summed E-state index contributed by atoms with van der Waals surface area (Å²) in [7, 11) is 1.61. The lowest BCUT2D eigenvalue weighted by Gasteiger charge is -2.21. The molecule has 1 saturated carbocycles. The fraction of sp³-hybridized carbons (Fsp3) is 0.571. The van der Waals surface area contributed by atoms with Gasteiger partial charge in [-0.15, -0.1) is 0 Å². The largest absolute Gasteiger partial charge is 0.493 e. The first kappa shape index (κ1) is 13.7. The first-order chi connectivity index (χ1) is 8.41. The van der Waals surface area contributed by atoms with Crippen molar-refractivity contribution in [2.75, 3.05) is 13.7 Å². The van der Waals surface area contributed by atoms with Gasteiger partial charge in [-0.25, -0.2) is 0 Å². The van der Waals surface area contributed by atoms with Crippen LogP contribution in [-0.2, 0) is 5.60 Å². The van der Waals surface area contributed by atoms with E-state index in [1.165, 1.54) is 12.8 Å². The van der Waals surface area contributed by atoms with E-state index in [9.17, 15) is 5.11 Å². The predicted molar refractivity (Wildman–Crippen MR) is 74.2 cm³/mol. The van der Waals surface area contributed by atoms with Gasteiger partial charge in [0.05, 0.1) is 23.8 Å². The highest BCUT2D eigenvalue weighted by atomic mass is 79.9. The third-order valence-electron chi connectivity index (χ3n) is 3.10. The van der Waals surface area contributed by atoms with Crippen LogP contribution in [0.25, 0.3) is 0 Å². The van der Waals surface area contributed by atoms with E-state index in [1.54, 1.807) is 21.0 Å². The lowest BCUT2D eigenvalue weighted by molar-refractivity contribution is 0.0781. The number of hydrogen-bond donors (Lipinski definition) is 1. The summed E-state index contributed by atoms with van der Waals surface area (Å²) < 4.78 is 12.0. The Kier molecular flexibility index (Phi) is 3.87. The van der Waals surface area contributed by atoms with Crippen LogP contribution in [0.3, 0.4) is 0 Å². The summed E-state index contributed by atoms with van der Waals surface area (Å²) in [4.78, 5) is 0. The lowest BCUT2D eigenvalue weighted by Crippen LogP contribution is -2.16. The molecule has 1 aliphatic carbocycles. The zero-order chi connectivity index (χ0) is 13.3. The molecule has 0 heterocycles. The van der Waals surface area contributed by atoms with Crippen molar-refractivity contribution in [1.82, 2.24) is 0 Å². The van der Waals surface area contributed by atoms with Crippen molar-refractivity contribution in [3.63, 3.8) is 0 Å². The van der Waals surface area contributed by atoms with E-state index in [0.717, 1.165) is 22.4 Å². The highest BCUT2D eigenvalue weighted by molar-refractivity contribution is 9.10. The molecule has 0 unspecified atom stereocenters. The van der Waals surface area contributed by atoms with Crippen LogP contribution in [-0.4, -0.2) is 18.8 Å². The Morgan fingerprint density at radius 2 is 2.06 bits per heavy atom. The summed E-state index contributed by atoms with van der Waals surface area (Å²) in [6, 6.07) is 3.71. The second-order valence-electron chi connectivity index (χ2n) is 5.30. The van der Waals surface area contributed by atoms with Gasteiger partial charge in [0.2, 0.25) is 0 Å². The standard InChI is InChI=1S/C14H19BrO3/c1-14(2,16)10-6-11(15)13(12(7-10)17-3)18-8-9-4-5-9/h6-7,9,16H,4-5,8H2,1-3H3. The third kappa shape index (κ3) is 3.18. The van der Waals surface area contributed by atoms with E-state index in [2.05, 4.69) is 15.9 Å². The van der Waals surface area contributed by atoms with Gasteiger partial charge in [-0.05, 0) is 66.2 Å². The number of aliphatic hydroxyl groups is 1.